The first-order valence-electron chi connectivity index (χ1n) is 7.39. The van der Waals surface area contributed by atoms with Crippen molar-refractivity contribution < 1.29 is 4.42 Å². The fraction of sp³-hybridized carbons (Fsp3) is 0.200. The van der Waals surface area contributed by atoms with Gasteiger partial charge in [-0.1, -0.05) is 69.3 Å². The van der Waals surface area contributed by atoms with Crippen molar-refractivity contribution in [3.05, 3.63) is 60.2 Å². The van der Waals surface area contributed by atoms with Crippen molar-refractivity contribution in [2.75, 3.05) is 0 Å². The Labute approximate surface area is 124 Å². The molecule has 0 radical (unpaired) electrons. The van der Waals surface area contributed by atoms with Gasteiger partial charge in [-0.2, -0.15) is 0 Å². The van der Waals surface area contributed by atoms with Crippen LogP contribution in [-0.4, -0.2) is 0 Å². The van der Waals surface area contributed by atoms with Crippen molar-refractivity contribution >= 4 is 32.7 Å². The van der Waals surface area contributed by atoms with Crippen LogP contribution in [0.1, 0.15) is 26.3 Å². The summed E-state index contributed by atoms with van der Waals surface area (Å²) in [6.45, 7) is 6.69. The monoisotopic (exact) mass is 274 g/mol. The van der Waals surface area contributed by atoms with E-state index >= 15 is 0 Å². The Balaban J connectivity index is 2.25. The number of furan rings is 1. The zero-order valence-corrected chi connectivity index (χ0v) is 12.6. The molecule has 0 aliphatic carbocycles. The first-order chi connectivity index (χ1) is 10.1. The molecule has 1 nitrogen and oxygen atoms in total. The second kappa shape index (κ2) is 4.11. The van der Waals surface area contributed by atoms with E-state index in [9.17, 15) is 0 Å². The molecule has 0 aliphatic rings. The molecule has 0 fully saturated rings. The van der Waals surface area contributed by atoms with Gasteiger partial charge in [0.1, 0.15) is 11.2 Å². The van der Waals surface area contributed by atoms with E-state index in [-0.39, 0.29) is 5.41 Å². The summed E-state index contributed by atoms with van der Waals surface area (Å²) >= 11 is 0. The van der Waals surface area contributed by atoms with E-state index in [1.165, 1.54) is 27.1 Å². The second-order valence-electron chi connectivity index (χ2n) is 6.69. The molecule has 0 saturated heterocycles. The molecule has 4 rings (SSSR count). The molecule has 0 bridgehead atoms. The number of para-hydroxylation sites is 1. The fourth-order valence-electron chi connectivity index (χ4n) is 3.16. The summed E-state index contributed by atoms with van der Waals surface area (Å²) in [7, 11) is 0. The highest BCUT2D eigenvalue weighted by atomic mass is 16.3. The lowest BCUT2D eigenvalue weighted by Crippen LogP contribution is -2.10. The van der Waals surface area contributed by atoms with Crippen LogP contribution in [0.4, 0.5) is 0 Å². The summed E-state index contributed by atoms with van der Waals surface area (Å²) in [4.78, 5) is 0. The first-order valence-corrected chi connectivity index (χ1v) is 7.39. The second-order valence-corrected chi connectivity index (χ2v) is 6.69. The van der Waals surface area contributed by atoms with Gasteiger partial charge in [0.2, 0.25) is 0 Å². The van der Waals surface area contributed by atoms with E-state index in [0.717, 1.165) is 11.2 Å². The van der Waals surface area contributed by atoms with Crippen LogP contribution in [-0.2, 0) is 5.41 Å². The molecular formula is C20H18O. The van der Waals surface area contributed by atoms with E-state index in [4.69, 9.17) is 4.42 Å². The Bertz CT molecular complexity index is 968. The van der Waals surface area contributed by atoms with Crippen LogP contribution in [0, 0.1) is 0 Å². The minimum absolute atomic E-state index is 0.0726. The molecule has 104 valence electrons. The fourth-order valence-corrected chi connectivity index (χ4v) is 3.16. The van der Waals surface area contributed by atoms with Gasteiger partial charge in [0.15, 0.2) is 0 Å². The summed E-state index contributed by atoms with van der Waals surface area (Å²) in [5.74, 6) is 0. The zero-order chi connectivity index (χ0) is 14.6. The van der Waals surface area contributed by atoms with E-state index in [2.05, 4.69) is 75.4 Å². The molecule has 0 N–H and O–H groups in total. The van der Waals surface area contributed by atoms with Gasteiger partial charge in [0.05, 0.1) is 0 Å². The van der Waals surface area contributed by atoms with Gasteiger partial charge in [-0.15, -0.1) is 0 Å². The van der Waals surface area contributed by atoms with Crippen molar-refractivity contribution in [1.82, 2.24) is 0 Å². The predicted molar refractivity (Wildman–Crippen MR) is 89.9 cm³/mol. The van der Waals surface area contributed by atoms with Gasteiger partial charge in [-0.05, 0) is 22.3 Å². The molecule has 0 spiro atoms. The molecule has 1 heterocycles. The number of hydrogen-bond donors (Lipinski definition) is 0. The minimum Gasteiger partial charge on any atom is -0.456 e. The maximum absolute atomic E-state index is 6.22. The van der Waals surface area contributed by atoms with Gasteiger partial charge in [0.25, 0.3) is 0 Å². The van der Waals surface area contributed by atoms with Gasteiger partial charge in [0, 0.05) is 16.3 Å². The normalized spacial score (nSPS) is 12.5. The average Bonchev–Trinajstić information content (AvgIpc) is 2.84. The molecule has 0 atom stereocenters. The lowest BCUT2D eigenvalue weighted by molar-refractivity contribution is 0.573. The van der Waals surface area contributed by atoms with Crippen LogP contribution in [0.2, 0.25) is 0 Å². The van der Waals surface area contributed by atoms with Crippen LogP contribution in [0.3, 0.4) is 0 Å². The lowest BCUT2D eigenvalue weighted by Gasteiger charge is -2.18. The molecule has 0 amide bonds. The first kappa shape index (κ1) is 12.5. The third-order valence-corrected chi connectivity index (χ3v) is 4.20. The van der Waals surface area contributed by atoms with Crippen molar-refractivity contribution in [3.8, 4) is 0 Å². The van der Waals surface area contributed by atoms with Crippen molar-refractivity contribution in [1.29, 1.82) is 0 Å². The molecule has 0 saturated carbocycles. The third kappa shape index (κ3) is 1.77. The van der Waals surface area contributed by atoms with Crippen LogP contribution in [0.15, 0.2) is 59.0 Å². The lowest BCUT2D eigenvalue weighted by atomic mass is 9.86. The molecule has 1 heteroatoms. The standard InChI is InChI=1S/C20H18O/c1-20(2,3)16-10-6-9-15-18-14-8-5-4-7-13(14)11-12-17(18)21-19(15)16/h4-12H,1-3H3. The van der Waals surface area contributed by atoms with E-state index in [1.54, 1.807) is 0 Å². The Morgan fingerprint density at radius 2 is 1.52 bits per heavy atom. The highest BCUT2D eigenvalue weighted by Crippen LogP contribution is 2.38. The summed E-state index contributed by atoms with van der Waals surface area (Å²) < 4.78 is 6.22. The third-order valence-electron chi connectivity index (χ3n) is 4.20. The summed E-state index contributed by atoms with van der Waals surface area (Å²) in [6.07, 6.45) is 0. The maximum atomic E-state index is 6.22. The Morgan fingerprint density at radius 1 is 0.762 bits per heavy atom. The zero-order valence-electron chi connectivity index (χ0n) is 12.6. The van der Waals surface area contributed by atoms with Crippen molar-refractivity contribution in [3.63, 3.8) is 0 Å². The molecule has 21 heavy (non-hydrogen) atoms. The number of fused-ring (bicyclic) bond motifs is 5. The molecule has 1 aromatic heterocycles. The van der Waals surface area contributed by atoms with E-state index < -0.39 is 0 Å². The number of hydrogen-bond acceptors (Lipinski definition) is 1. The molecule has 0 aliphatic heterocycles. The smallest absolute Gasteiger partial charge is 0.139 e. The summed E-state index contributed by atoms with van der Waals surface area (Å²) in [5, 5.41) is 4.97. The highest BCUT2D eigenvalue weighted by molar-refractivity contribution is 6.19. The van der Waals surface area contributed by atoms with Crippen molar-refractivity contribution in [2.24, 2.45) is 0 Å². The Kier molecular flexibility index (Phi) is 2.44. The van der Waals surface area contributed by atoms with Crippen LogP contribution < -0.4 is 0 Å². The van der Waals surface area contributed by atoms with Gasteiger partial charge >= 0.3 is 0 Å². The predicted octanol–water partition coefficient (Wildman–Crippen LogP) is 6.04. The molecular weight excluding hydrogens is 256 g/mol. The SMILES string of the molecule is CC(C)(C)c1cccc2c1oc1ccc3ccccc3c12. The maximum Gasteiger partial charge on any atom is 0.139 e. The van der Waals surface area contributed by atoms with E-state index in [1.807, 2.05) is 0 Å². The summed E-state index contributed by atoms with van der Waals surface area (Å²) in [6, 6.07) is 19.2. The quantitative estimate of drug-likeness (QED) is 0.381. The van der Waals surface area contributed by atoms with Gasteiger partial charge in [-0.3, -0.25) is 0 Å². The topological polar surface area (TPSA) is 13.1 Å². The van der Waals surface area contributed by atoms with Crippen LogP contribution >= 0.6 is 0 Å². The Morgan fingerprint density at radius 3 is 2.33 bits per heavy atom. The number of benzene rings is 3. The van der Waals surface area contributed by atoms with E-state index in [0.29, 0.717) is 0 Å². The molecule has 3 aromatic carbocycles. The van der Waals surface area contributed by atoms with Crippen molar-refractivity contribution in [2.45, 2.75) is 26.2 Å². The van der Waals surface area contributed by atoms with Gasteiger partial charge < -0.3 is 4.42 Å². The Hall–Kier alpha value is -2.28. The molecule has 0 unspecified atom stereocenters. The minimum atomic E-state index is 0.0726. The van der Waals surface area contributed by atoms with Gasteiger partial charge in [-0.25, -0.2) is 0 Å². The number of rotatable bonds is 0. The molecule has 4 aromatic rings. The largest absolute Gasteiger partial charge is 0.456 e. The average molecular weight is 274 g/mol. The van der Waals surface area contributed by atoms with Crippen LogP contribution in [0.25, 0.3) is 32.7 Å². The summed E-state index contributed by atoms with van der Waals surface area (Å²) in [5.41, 5.74) is 3.33. The van der Waals surface area contributed by atoms with Crippen LogP contribution in [0.5, 0.6) is 0 Å². The highest BCUT2D eigenvalue weighted by Gasteiger charge is 2.21.